The molecule has 0 bridgehead atoms. The summed E-state index contributed by atoms with van der Waals surface area (Å²) < 4.78 is 4.86. The predicted octanol–water partition coefficient (Wildman–Crippen LogP) is 3.06. The van der Waals surface area contributed by atoms with Gasteiger partial charge in [-0.15, -0.1) is 11.3 Å². The number of nitrogens with one attached hydrogen (secondary N) is 1. The maximum atomic E-state index is 11.9. The molecule has 2 aromatic rings. The molecular formula is C17H23N3O3S. The Balaban J connectivity index is 1.95. The maximum Gasteiger partial charge on any atom is 0.348 e. The summed E-state index contributed by atoms with van der Waals surface area (Å²) in [4.78, 5) is 22.3. The van der Waals surface area contributed by atoms with Crippen molar-refractivity contribution < 1.29 is 14.6 Å². The van der Waals surface area contributed by atoms with Crippen LogP contribution in [0.4, 0.5) is 5.82 Å². The molecule has 7 heteroatoms. The lowest BCUT2D eigenvalue weighted by atomic mass is 9.67. The van der Waals surface area contributed by atoms with Crippen LogP contribution in [0.3, 0.4) is 0 Å². The summed E-state index contributed by atoms with van der Waals surface area (Å²) in [7, 11) is 1.39. The summed E-state index contributed by atoms with van der Waals surface area (Å²) in [5, 5.41) is 13.7. The molecule has 2 N–H and O–H groups in total. The topological polar surface area (TPSA) is 84.3 Å². The normalized spacial score (nSPS) is 16.0. The quantitative estimate of drug-likeness (QED) is 0.780. The molecule has 0 aromatic carbocycles. The van der Waals surface area contributed by atoms with Crippen LogP contribution in [0.2, 0.25) is 0 Å². The van der Waals surface area contributed by atoms with Gasteiger partial charge in [0.05, 0.1) is 12.5 Å². The lowest BCUT2D eigenvalue weighted by Gasteiger charge is -2.42. The van der Waals surface area contributed by atoms with Crippen LogP contribution in [0, 0.1) is 19.3 Å². The number of esters is 1. The van der Waals surface area contributed by atoms with E-state index in [0.29, 0.717) is 10.7 Å². The fourth-order valence-electron chi connectivity index (χ4n) is 3.36. The van der Waals surface area contributed by atoms with Gasteiger partial charge in [-0.2, -0.15) is 0 Å². The smallest absolute Gasteiger partial charge is 0.348 e. The number of aromatic nitrogens is 2. The fourth-order valence-corrected chi connectivity index (χ4v) is 4.51. The third kappa shape index (κ3) is 2.98. The zero-order valence-corrected chi connectivity index (χ0v) is 15.1. The zero-order valence-electron chi connectivity index (χ0n) is 14.3. The van der Waals surface area contributed by atoms with Gasteiger partial charge >= 0.3 is 5.97 Å². The highest BCUT2D eigenvalue weighted by atomic mass is 32.1. The number of aliphatic hydroxyl groups is 1. The number of thiophene rings is 1. The van der Waals surface area contributed by atoms with E-state index in [0.717, 1.165) is 47.4 Å². The summed E-state index contributed by atoms with van der Waals surface area (Å²) in [6.45, 7) is 4.75. The minimum absolute atomic E-state index is 0.162. The fraction of sp³-hybridized carbons (Fsp3) is 0.588. The number of methoxy groups -OCH3 is 1. The molecule has 0 saturated heterocycles. The second-order valence-corrected chi connectivity index (χ2v) is 7.53. The molecule has 1 fully saturated rings. The molecule has 130 valence electrons. The molecule has 2 aromatic heterocycles. The Morgan fingerprint density at radius 1 is 1.38 bits per heavy atom. The van der Waals surface area contributed by atoms with Crippen LogP contribution in [0.1, 0.15) is 46.7 Å². The van der Waals surface area contributed by atoms with E-state index < -0.39 is 0 Å². The molecule has 2 heterocycles. The number of hydrogen-bond donors (Lipinski definition) is 2. The SMILES string of the molecule is COC(=O)c1sc2nc(C)nc(NCC3(CCO)CCC3)c2c1C. The standard InChI is InChI=1S/C17H23N3O3S/c1-10-12-14(18-9-17(7-8-21)5-4-6-17)19-11(2)20-15(12)24-13(10)16(22)23-3/h21H,4-9H2,1-3H3,(H,18,19,20). The molecule has 1 aliphatic carbocycles. The summed E-state index contributed by atoms with van der Waals surface area (Å²) in [5.74, 6) is 1.10. The largest absolute Gasteiger partial charge is 0.465 e. The number of hydrogen-bond acceptors (Lipinski definition) is 7. The van der Waals surface area contributed by atoms with E-state index in [4.69, 9.17) is 4.74 Å². The molecule has 0 atom stereocenters. The van der Waals surface area contributed by atoms with E-state index >= 15 is 0 Å². The first-order valence-electron chi connectivity index (χ1n) is 8.20. The molecular weight excluding hydrogens is 326 g/mol. The van der Waals surface area contributed by atoms with Crippen molar-refractivity contribution in [2.75, 3.05) is 25.6 Å². The minimum Gasteiger partial charge on any atom is -0.465 e. The van der Waals surface area contributed by atoms with E-state index in [-0.39, 0.29) is 18.0 Å². The number of aliphatic hydroxyl groups excluding tert-OH is 1. The van der Waals surface area contributed by atoms with Gasteiger partial charge in [-0.1, -0.05) is 6.42 Å². The highest BCUT2D eigenvalue weighted by molar-refractivity contribution is 7.20. The lowest BCUT2D eigenvalue weighted by molar-refractivity contribution is 0.0605. The summed E-state index contributed by atoms with van der Waals surface area (Å²) in [5.41, 5.74) is 1.02. The second kappa shape index (κ2) is 6.64. The first kappa shape index (κ1) is 17.1. The van der Waals surface area contributed by atoms with Crippen LogP contribution in [0.15, 0.2) is 0 Å². The Bertz CT molecular complexity index is 768. The van der Waals surface area contributed by atoms with E-state index in [1.54, 1.807) is 0 Å². The number of rotatable bonds is 6. The third-order valence-corrected chi connectivity index (χ3v) is 6.13. The number of fused-ring (bicyclic) bond motifs is 1. The van der Waals surface area contributed by atoms with Crippen molar-refractivity contribution in [2.45, 2.75) is 39.5 Å². The van der Waals surface area contributed by atoms with Crippen molar-refractivity contribution in [1.29, 1.82) is 0 Å². The number of carbonyl (C=O) groups excluding carboxylic acids is 1. The highest BCUT2D eigenvalue weighted by Gasteiger charge is 2.36. The third-order valence-electron chi connectivity index (χ3n) is 4.96. The molecule has 1 aliphatic rings. The Hall–Kier alpha value is -1.73. The molecule has 24 heavy (non-hydrogen) atoms. The van der Waals surface area contributed by atoms with Gasteiger partial charge in [0.2, 0.25) is 0 Å². The summed E-state index contributed by atoms with van der Waals surface area (Å²) in [6.07, 6.45) is 4.28. The molecule has 0 spiro atoms. The highest BCUT2D eigenvalue weighted by Crippen LogP contribution is 2.44. The van der Waals surface area contributed by atoms with Crippen molar-refractivity contribution in [2.24, 2.45) is 5.41 Å². The van der Waals surface area contributed by atoms with Crippen molar-refractivity contribution in [3.63, 3.8) is 0 Å². The molecule has 3 rings (SSSR count). The Morgan fingerprint density at radius 2 is 2.12 bits per heavy atom. The zero-order chi connectivity index (χ0) is 17.3. The van der Waals surface area contributed by atoms with E-state index in [2.05, 4.69) is 15.3 Å². The van der Waals surface area contributed by atoms with Crippen LogP contribution in [-0.4, -0.2) is 41.3 Å². The number of ether oxygens (including phenoxy) is 1. The van der Waals surface area contributed by atoms with Crippen molar-refractivity contribution >= 4 is 33.3 Å². The Labute approximate surface area is 145 Å². The molecule has 0 aliphatic heterocycles. The maximum absolute atomic E-state index is 11.9. The second-order valence-electron chi connectivity index (χ2n) is 6.53. The predicted molar refractivity (Wildman–Crippen MR) is 94.7 cm³/mol. The van der Waals surface area contributed by atoms with Crippen LogP contribution in [-0.2, 0) is 4.74 Å². The van der Waals surface area contributed by atoms with Gasteiger partial charge in [0.25, 0.3) is 0 Å². The van der Waals surface area contributed by atoms with Gasteiger partial charge in [0.15, 0.2) is 0 Å². The van der Waals surface area contributed by atoms with E-state index in [1.807, 2.05) is 13.8 Å². The van der Waals surface area contributed by atoms with E-state index in [9.17, 15) is 9.90 Å². The van der Waals surface area contributed by atoms with Gasteiger partial charge < -0.3 is 15.2 Å². The lowest BCUT2D eigenvalue weighted by Crippen LogP contribution is -2.37. The van der Waals surface area contributed by atoms with Gasteiger partial charge in [-0.05, 0) is 44.1 Å². The number of anilines is 1. The van der Waals surface area contributed by atoms with Gasteiger partial charge in [-0.25, -0.2) is 14.8 Å². The van der Waals surface area contributed by atoms with Crippen molar-refractivity contribution in [3.05, 3.63) is 16.3 Å². The van der Waals surface area contributed by atoms with Crippen molar-refractivity contribution in [3.8, 4) is 0 Å². The van der Waals surface area contributed by atoms with Gasteiger partial charge in [-0.3, -0.25) is 0 Å². The molecule has 0 amide bonds. The van der Waals surface area contributed by atoms with Crippen LogP contribution in [0.25, 0.3) is 10.2 Å². The molecule has 1 saturated carbocycles. The molecule has 0 unspecified atom stereocenters. The first-order chi connectivity index (χ1) is 11.5. The molecule has 0 radical (unpaired) electrons. The van der Waals surface area contributed by atoms with Crippen LogP contribution < -0.4 is 5.32 Å². The number of nitrogens with zero attached hydrogens (tertiary/aromatic N) is 2. The summed E-state index contributed by atoms with van der Waals surface area (Å²) in [6, 6.07) is 0. The number of carbonyl (C=O) groups is 1. The minimum atomic E-state index is -0.338. The Morgan fingerprint density at radius 3 is 2.71 bits per heavy atom. The average molecular weight is 349 g/mol. The summed E-state index contributed by atoms with van der Waals surface area (Å²) >= 11 is 1.34. The molecule has 6 nitrogen and oxygen atoms in total. The van der Waals surface area contributed by atoms with Gasteiger partial charge in [0.1, 0.15) is 21.3 Å². The monoisotopic (exact) mass is 349 g/mol. The average Bonchev–Trinajstić information content (AvgIpc) is 2.85. The van der Waals surface area contributed by atoms with Gasteiger partial charge in [0, 0.05) is 13.2 Å². The van der Waals surface area contributed by atoms with E-state index in [1.165, 1.54) is 24.9 Å². The van der Waals surface area contributed by atoms with Crippen LogP contribution in [0.5, 0.6) is 0 Å². The Kier molecular flexibility index (Phi) is 4.73. The van der Waals surface area contributed by atoms with Crippen molar-refractivity contribution in [1.82, 2.24) is 9.97 Å². The van der Waals surface area contributed by atoms with Crippen LogP contribution >= 0.6 is 11.3 Å². The number of aryl methyl sites for hydroxylation is 2. The first-order valence-corrected chi connectivity index (χ1v) is 9.02.